The van der Waals surface area contributed by atoms with Gasteiger partial charge in [0.1, 0.15) is 19.3 Å². The molecule has 0 rings (SSSR count). The molecule has 0 saturated heterocycles. The summed E-state index contributed by atoms with van der Waals surface area (Å²) >= 11 is 0. The molecule has 0 radical (unpaired) electrons. The van der Waals surface area contributed by atoms with Crippen LogP contribution >= 0.6 is 15.6 Å². The molecule has 0 aromatic heterocycles. The first kappa shape index (κ1) is 84.1. The van der Waals surface area contributed by atoms with Crippen molar-refractivity contribution >= 4 is 39.5 Å². The number of aliphatic hydroxyl groups excluding tert-OH is 1. The summed E-state index contributed by atoms with van der Waals surface area (Å²) < 4.78 is 68.1. The largest absolute Gasteiger partial charge is 0.472 e. The van der Waals surface area contributed by atoms with Crippen molar-refractivity contribution in [2.75, 3.05) is 39.6 Å². The molecule has 19 heteroatoms. The van der Waals surface area contributed by atoms with E-state index in [9.17, 15) is 43.2 Å². The maximum Gasteiger partial charge on any atom is 0.472 e. The third-order valence-electron chi connectivity index (χ3n) is 15.5. The van der Waals surface area contributed by atoms with Gasteiger partial charge in [0.25, 0.3) is 0 Å². The fourth-order valence-electron chi connectivity index (χ4n) is 10.1. The molecule has 0 amide bonds. The van der Waals surface area contributed by atoms with Crippen LogP contribution in [0.1, 0.15) is 343 Å². The number of hydrogen-bond donors (Lipinski definition) is 3. The van der Waals surface area contributed by atoms with Gasteiger partial charge in [0.05, 0.1) is 26.4 Å². The van der Waals surface area contributed by atoms with Crippen molar-refractivity contribution in [3.63, 3.8) is 0 Å². The first-order valence-electron chi connectivity index (χ1n) is 35.1. The van der Waals surface area contributed by atoms with E-state index >= 15 is 0 Å². The topological polar surface area (TPSA) is 237 Å². The quantitative estimate of drug-likeness (QED) is 0.0222. The van der Waals surface area contributed by atoms with E-state index in [0.717, 1.165) is 95.8 Å². The number of esters is 4. The predicted octanol–water partition coefficient (Wildman–Crippen LogP) is 19.0. The van der Waals surface area contributed by atoms with Crippen LogP contribution in [0.2, 0.25) is 0 Å². The van der Waals surface area contributed by atoms with Crippen molar-refractivity contribution in [1.29, 1.82) is 0 Å². The Hall–Kier alpha value is -1.94. The van der Waals surface area contributed by atoms with Crippen molar-refractivity contribution in [3.05, 3.63) is 0 Å². The van der Waals surface area contributed by atoms with E-state index < -0.39 is 97.5 Å². The molecule has 0 aromatic rings. The molecule has 86 heavy (non-hydrogen) atoms. The Balaban J connectivity index is 5.24. The normalized spacial score (nSPS) is 14.2. The molecule has 0 aliphatic carbocycles. The SMILES string of the molecule is CCCCCCCCCCCCCCC(=O)OC[C@H](COP(=O)(O)OC[C@@H](O)COP(=O)(O)OC[C@@H](COC(=O)CCCCCCCCCCCC)OC(=O)CCCCCCCCCCCC)OC(=O)CCCCCCCCCCCCCC(C)C. The second-order valence-electron chi connectivity index (χ2n) is 24.7. The summed E-state index contributed by atoms with van der Waals surface area (Å²) in [5.41, 5.74) is 0. The minimum atomic E-state index is -4.95. The van der Waals surface area contributed by atoms with Gasteiger partial charge in [0.15, 0.2) is 12.2 Å². The van der Waals surface area contributed by atoms with Gasteiger partial charge >= 0.3 is 39.5 Å². The number of ether oxygens (including phenoxy) is 4. The average molecular weight is 1270 g/mol. The van der Waals surface area contributed by atoms with Crippen LogP contribution < -0.4 is 0 Å². The summed E-state index contributed by atoms with van der Waals surface area (Å²) in [7, 11) is -9.89. The predicted molar refractivity (Wildman–Crippen MR) is 345 cm³/mol. The van der Waals surface area contributed by atoms with Crippen LogP contribution in [0, 0.1) is 5.92 Å². The molecule has 0 heterocycles. The third kappa shape index (κ3) is 60.9. The molecule has 0 bridgehead atoms. The van der Waals surface area contributed by atoms with E-state index in [4.69, 9.17) is 37.0 Å². The summed E-state index contributed by atoms with van der Waals surface area (Å²) in [6.07, 6.45) is 45.6. The Morgan fingerprint density at radius 3 is 0.791 bits per heavy atom. The van der Waals surface area contributed by atoms with Gasteiger partial charge in [-0.15, -0.1) is 0 Å². The van der Waals surface area contributed by atoms with E-state index in [-0.39, 0.29) is 25.7 Å². The molecular formula is C67H130O17P2. The molecule has 5 atom stereocenters. The van der Waals surface area contributed by atoms with Gasteiger partial charge in [-0.2, -0.15) is 0 Å². The summed E-state index contributed by atoms with van der Waals surface area (Å²) in [6, 6.07) is 0. The molecule has 3 N–H and O–H groups in total. The van der Waals surface area contributed by atoms with Gasteiger partial charge in [0, 0.05) is 25.7 Å². The number of unbranched alkanes of at least 4 members (excludes halogenated alkanes) is 39. The van der Waals surface area contributed by atoms with Gasteiger partial charge < -0.3 is 33.8 Å². The second-order valence-corrected chi connectivity index (χ2v) is 27.6. The van der Waals surface area contributed by atoms with Gasteiger partial charge in [-0.05, 0) is 31.6 Å². The first-order valence-corrected chi connectivity index (χ1v) is 38.1. The summed E-state index contributed by atoms with van der Waals surface area (Å²) in [5, 5.41) is 10.6. The van der Waals surface area contributed by atoms with E-state index in [0.29, 0.717) is 25.7 Å². The number of phosphoric acid groups is 2. The van der Waals surface area contributed by atoms with Gasteiger partial charge in [-0.25, -0.2) is 9.13 Å². The standard InChI is InChI=1S/C67H130O17P2/c1-6-9-12-15-18-21-24-27-32-36-41-46-51-65(70)78-57-63(84-67(72)53-48-43-38-33-28-25-26-29-34-39-44-49-60(4)5)59-82-86(75,76)80-55-61(68)54-79-85(73,74)81-58-62(83-66(71)52-47-42-37-31-23-20-17-14-11-8-3)56-77-64(69)50-45-40-35-30-22-19-16-13-10-7-2/h60-63,68H,6-59H2,1-5H3,(H,73,74)(H,75,76)/t61-,62+,63+/m0/s1. The highest BCUT2D eigenvalue weighted by molar-refractivity contribution is 7.47. The van der Waals surface area contributed by atoms with E-state index in [1.165, 1.54) is 167 Å². The van der Waals surface area contributed by atoms with Crippen LogP contribution in [0.25, 0.3) is 0 Å². The molecular weight excluding hydrogens is 1140 g/mol. The number of hydrogen-bond acceptors (Lipinski definition) is 15. The molecule has 0 spiro atoms. The van der Waals surface area contributed by atoms with Crippen molar-refractivity contribution < 1.29 is 80.2 Å². The highest BCUT2D eigenvalue weighted by Gasteiger charge is 2.30. The van der Waals surface area contributed by atoms with E-state index in [2.05, 4.69) is 34.6 Å². The van der Waals surface area contributed by atoms with Crippen molar-refractivity contribution in [3.8, 4) is 0 Å². The van der Waals surface area contributed by atoms with Crippen molar-refractivity contribution in [2.24, 2.45) is 5.92 Å². The van der Waals surface area contributed by atoms with E-state index in [1.54, 1.807) is 0 Å². The monoisotopic (exact) mass is 1270 g/mol. The minimum absolute atomic E-state index is 0.107. The summed E-state index contributed by atoms with van der Waals surface area (Å²) in [4.78, 5) is 72.3. The fourth-order valence-corrected chi connectivity index (χ4v) is 11.7. The lowest BCUT2D eigenvalue weighted by molar-refractivity contribution is -0.161. The van der Waals surface area contributed by atoms with Gasteiger partial charge in [-0.1, -0.05) is 291 Å². The summed E-state index contributed by atoms with van der Waals surface area (Å²) in [6.45, 7) is 7.21. The molecule has 0 saturated carbocycles. The Labute approximate surface area is 524 Å². The van der Waals surface area contributed by atoms with Crippen LogP contribution in [0.5, 0.6) is 0 Å². The third-order valence-corrected chi connectivity index (χ3v) is 17.4. The lowest BCUT2D eigenvalue weighted by atomic mass is 10.0. The van der Waals surface area contributed by atoms with Gasteiger partial charge in [-0.3, -0.25) is 37.3 Å². The minimum Gasteiger partial charge on any atom is -0.462 e. The number of rotatable bonds is 67. The zero-order chi connectivity index (χ0) is 63.5. The summed E-state index contributed by atoms with van der Waals surface area (Å²) in [5.74, 6) is -1.36. The van der Waals surface area contributed by atoms with Crippen molar-refractivity contribution in [2.45, 2.75) is 361 Å². The zero-order valence-corrected chi connectivity index (χ0v) is 57.2. The fraction of sp³-hybridized carbons (Fsp3) is 0.940. The van der Waals surface area contributed by atoms with Crippen LogP contribution in [-0.2, 0) is 65.4 Å². The lowest BCUT2D eigenvalue weighted by Crippen LogP contribution is -2.30. The smallest absolute Gasteiger partial charge is 0.462 e. The number of carbonyl (C=O) groups excluding carboxylic acids is 4. The number of carbonyl (C=O) groups is 4. The maximum atomic E-state index is 13.0. The molecule has 0 aliphatic heterocycles. The highest BCUT2D eigenvalue weighted by atomic mass is 31.2. The molecule has 17 nitrogen and oxygen atoms in total. The van der Waals surface area contributed by atoms with Crippen LogP contribution in [0.3, 0.4) is 0 Å². The Morgan fingerprint density at radius 1 is 0.314 bits per heavy atom. The molecule has 0 aliphatic rings. The van der Waals surface area contributed by atoms with Gasteiger partial charge in [0.2, 0.25) is 0 Å². The van der Waals surface area contributed by atoms with Crippen molar-refractivity contribution in [1.82, 2.24) is 0 Å². The Bertz CT molecular complexity index is 1670. The maximum absolute atomic E-state index is 13.0. The molecule has 510 valence electrons. The van der Waals surface area contributed by atoms with E-state index in [1.807, 2.05) is 0 Å². The van der Waals surface area contributed by atoms with Crippen LogP contribution in [0.4, 0.5) is 0 Å². The zero-order valence-electron chi connectivity index (χ0n) is 55.4. The highest BCUT2D eigenvalue weighted by Crippen LogP contribution is 2.45. The lowest BCUT2D eigenvalue weighted by Gasteiger charge is -2.21. The number of phosphoric ester groups is 2. The molecule has 2 unspecified atom stereocenters. The van der Waals surface area contributed by atoms with Crippen LogP contribution in [0.15, 0.2) is 0 Å². The molecule has 0 aromatic carbocycles. The first-order chi connectivity index (χ1) is 41.5. The Kier molecular flexibility index (Phi) is 59.2. The number of aliphatic hydroxyl groups is 1. The van der Waals surface area contributed by atoms with Crippen LogP contribution in [-0.4, -0.2) is 96.7 Å². The average Bonchev–Trinajstić information content (AvgIpc) is 3.69. The second kappa shape index (κ2) is 60.6. The Morgan fingerprint density at radius 2 is 0.535 bits per heavy atom. The molecule has 0 fully saturated rings.